The molecule has 0 unspecified atom stereocenters. The number of nitrogens with zero attached hydrogens (tertiary/aromatic N) is 2. The van der Waals surface area contributed by atoms with Crippen LogP contribution in [0.15, 0.2) is 29.6 Å². The zero-order valence-corrected chi connectivity index (χ0v) is 15.1. The molecule has 2 aliphatic heterocycles. The summed E-state index contributed by atoms with van der Waals surface area (Å²) in [7, 11) is 0. The van der Waals surface area contributed by atoms with Crippen molar-refractivity contribution >= 4 is 28.1 Å². The highest BCUT2D eigenvalue weighted by Crippen LogP contribution is 2.42. The summed E-state index contributed by atoms with van der Waals surface area (Å²) in [6.45, 7) is 4.95. The van der Waals surface area contributed by atoms with E-state index >= 15 is 0 Å². The Bertz CT molecular complexity index is 677. The molecule has 24 heavy (non-hydrogen) atoms. The van der Waals surface area contributed by atoms with E-state index < -0.39 is 0 Å². The van der Waals surface area contributed by atoms with Gasteiger partial charge in [-0.25, -0.2) is 4.98 Å². The van der Waals surface area contributed by atoms with Gasteiger partial charge in [0.1, 0.15) is 0 Å². The highest BCUT2D eigenvalue weighted by atomic mass is 35.5. The lowest BCUT2D eigenvalue weighted by Gasteiger charge is -2.36. The summed E-state index contributed by atoms with van der Waals surface area (Å²) in [6, 6.07) is 8.23. The molecular weight excluding hydrogens is 344 g/mol. The van der Waals surface area contributed by atoms with Gasteiger partial charge >= 0.3 is 0 Å². The minimum Gasteiger partial charge on any atom is -0.381 e. The SMILES string of the molecule is Clc1ccc(C2(c3csc(N4CCOCC4)n3)CCOCC2)cc1. The van der Waals surface area contributed by atoms with Crippen molar-refractivity contribution in [2.24, 2.45) is 0 Å². The van der Waals surface area contributed by atoms with Gasteiger partial charge in [-0.1, -0.05) is 23.7 Å². The molecule has 3 heterocycles. The zero-order valence-electron chi connectivity index (χ0n) is 13.5. The molecule has 128 valence electrons. The third-order valence-corrected chi connectivity index (χ3v) is 6.16. The van der Waals surface area contributed by atoms with Gasteiger partial charge in [0.25, 0.3) is 0 Å². The molecule has 0 N–H and O–H groups in total. The molecule has 0 spiro atoms. The summed E-state index contributed by atoms with van der Waals surface area (Å²) in [6.07, 6.45) is 1.92. The molecule has 0 bridgehead atoms. The largest absolute Gasteiger partial charge is 0.381 e. The number of ether oxygens (including phenoxy) is 2. The van der Waals surface area contributed by atoms with Crippen molar-refractivity contribution < 1.29 is 9.47 Å². The lowest BCUT2D eigenvalue weighted by molar-refractivity contribution is 0.0620. The molecule has 2 fully saturated rings. The Kier molecular flexibility index (Phi) is 4.77. The van der Waals surface area contributed by atoms with Crippen molar-refractivity contribution in [1.82, 2.24) is 4.98 Å². The van der Waals surface area contributed by atoms with Crippen LogP contribution in [0.5, 0.6) is 0 Å². The number of halogens is 1. The van der Waals surface area contributed by atoms with Gasteiger partial charge < -0.3 is 14.4 Å². The van der Waals surface area contributed by atoms with Gasteiger partial charge in [-0.2, -0.15) is 0 Å². The topological polar surface area (TPSA) is 34.6 Å². The molecule has 0 saturated carbocycles. The Balaban J connectivity index is 1.69. The van der Waals surface area contributed by atoms with Crippen LogP contribution in [-0.4, -0.2) is 44.5 Å². The highest BCUT2D eigenvalue weighted by Gasteiger charge is 2.38. The van der Waals surface area contributed by atoms with E-state index in [1.807, 2.05) is 12.1 Å². The highest BCUT2D eigenvalue weighted by molar-refractivity contribution is 7.13. The number of benzene rings is 1. The Labute approximate surface area is 151 Å². The van der Waals surface area contributed by atoms with E-state index in [4.69, 9.17) is 26.1 Å². The predicted octanol–water partition coefficient (Wildman–Crippen LogP) is 3.73. The Hall–Kier alpha value is -1.14. The molecule has 1 aromatic heterocycles. The summed E-state index contributed by atoms with van der Waals surface area (Å²) in [5.74, 6) is 0. The number of anilines is 1. The van der Waals surface area contributed by atoms with Crippen molar-refractivity contribution in [3.63, 3.8) is 0 Å². The fraction of sp³-hybridized carbons (Fsp3) is 0.500. The lowest BCUT2D eigenvalue weighted by Crippen LogP contribution is -2.37. The Morgan fingerprint density at radius 1 is 1.00 bits per heavy atom. The number of thiazole rings is 1. The number of hydrogen-bond donors (Lipinski definition) is 0. The number of rotatable bonds is 3. The van der Waals surface area contributed by atoms with Crippen LogP contribution in [0.4, 0.5) is 5.13 Å². The van der Waals surface area contributed by atoms with E-state index in [9.17, 15) is 0 Å². The first-order valence-corrected chi connectivity index (χ1v) is 9.66. The molecule has 4 rings (SSSR count). The van der Waals surface area contributed by atoms with Crippen LogP contribution in [-0.2, 0) is 14.9 Å². The molecule has 0 atom stereocenters. The van der Waals surface area contributed by atoms with Crippen molar-refractivity contribution in [3.05, 3.63) is 45.9 Å². The summed E-state index contributed by atoms with van der Waals surface area (Å²) in [5.41, 5.74) is 2.39. The fourth-order valence-electron chi connectivity index (χ4n) is 3.57. The molecule has 0 radical (unpaired) electrons. The van der Waals surface area contributed by atoms with E-state index in [2.05, 4.69) is 22.4 Å². The standard InChI is InChI=1S/C18H21ClN2O2S/c19-15-3-1-14(2-4-15)18(5-9-22-10-6-18)16-13-24-17(20-16)21-7-11-23-12-8-21/h1-4,13H,5-12H2. The van der Waals surface area contributed by atoms with Crippen LogP contribution in [0, 0.1) is 0 Å². The van der Waals surface area contributed by atoms with Crippen molar-refractivity contribution in [3.8, 4) is 0 Å². The van der Waals surface area contributed by atoms with Gasteiger partial charge in [-0.05, 0) is 30.5 Å². The smallest absolute Gasteiger partial charge is 0.185 e. The third-order valence-electron chi connectivity index (χ3n) is 5.01. The molecule has 4 nitrogen and oxygen atoms in total. The molecule has 2 saturated heterocycles. The van der Waals surface area contributed by atoms with Crippen LogP contribution in [0.2, 0.25) is 5.02 Å². The molecule has 0 amide bonds. The first kappa shape index (κ1) is 16.3. The average Bonchev–Trinajstić information content (AvgIpc) is 3.14. The van der Waals surface area contributed by atoms with E-state index in [1.54, 1.807) is 11.3 Å². The van der Waals surface area contributed by atoms with Crippen molar-refractivity contribution in [1.29, 1.82) is 0 Å². The van der Waals surface area contributed by atoms with Crippen LogP contribution in [0.1, 0.15) is 24.1 Å². The maximum absolute atomic E-state index is 6.09. The first-order valence-electron chi connectivity index (χ1n) is 8.40. The number of aromatic nitrogens is 1. The third kappa shape index (κ3) is 3.06. The summed E-state index contributed by atoms with van der Waals surface area (Å²) >= 11 is 7.83. The normalized spacial score (nSPS) is 21.0. The summed E-state index contributed by atoms with van der Waals surface area (Å²) in [5, 5.41) is 4.10. The summed E-state index contributed by atoms with van der Waals surface area (Å²) < 4.78 is 11.1. The molecule has 2 aromatic rings. The first-order chi connectivity index (χ1) is 11.8. The van der Waals surface area contributed by atoms with Gasteiger partial charge in [0.05, 0.1) is 18.9 Å². The van der Waals surface area contributed by atoms with Crippen molar-refractivity contribution in [2.45, 2.75) is 18.3 Å². The second-order valence-electron chi connectivity index (χ2n) is 6.32. The number of morpholine rings is 1. The lowest BCUT2D eigenvalue weighted by atomic mass is 9.72. The second-order valence-corrected chi connectivity index (χ2v) is 7.59. The molecule has 2 aliphatic rings. The van der Waals surface area contributed by atoms with E-state index in [1.165, 1.54) is 11.3 Å². The van der Waals surface area contributed by atoms with Crippen LogP contribution in [0.25, 0.3) is 0 Å². The van der Waals surface area contributed by atoms with Crippen LogP contribution >= 0.6 is 22.9 Å². The maximum atomic E-state index is 6.09. The van der Waals surface area contributed by atoms with Gasteiger partial charge in [0.2, 0.25) is 0 Å². The Morgan fingerprint density at radius 3 is 2.38 bits per heavy atom. The molecule has 1 aromatic carbocycles. The van der Waals surface area contributed by atoms with Gasteiger partial charge in [-0.15, -0.1) is 11.3 Å². The van der Waals surface area contributed by atoms with Gasteiger partial charge in [0.15, 0.2) is 5.13 Å². The zero-order chi connectivity index (χ0) is 16.4. The van der Waals surface area contributed by atoms with Crippen LogP contribution < -0.4 is 4.90 Å². The molecule has 0 aliphatic carbocycles. The number of hydrogen-bond acceptors (Lipinski definition) is 5. The monoisotopic (exact) mass is 364 g/mol. The van der Waals surface area contributed by atoms with Gasteiger partial charge in [0, 0.05) is 42.1 Å². The minimum absolute atomic E-state index is 0.0656. The minimum atomic E-state index is -0.0656. The van der Waals surface area contributed by atoms with E-state index in [-0.39, 0.29) is 5.41 Å². The predicted molar refractivity (Wildman–Crippen MR) is 97.4 cm³/mol. The second kappa shape index (κ2) is 7.00. The van der Waals surface area contributed by atoms with Crippen molar-refractivity contribution in [2.75, 3.05) is 44.4 Å². The Morgan fingerprint density at radius 2 is 1.67 bits per heavy atom. The molecular formula is C18H21ClN2O2S. The molecule has 6 heteroatoms. The average molecular weight is 365 g/mol. The summed E-state index contributed by atoms with van der Waals surface area (Å²) in [4.78, 5) is 7.35. The maximum Gasteiger partial charge on any atom is 0.185 e. The van der Waals surface area contributed by atoms with Crippen LogP contribution in [0.3, 0.4) is 0 Å². The van der Waals surface area contributed by atoms with E-state index in [0.29, 0.717) is 0 Å². The quantitative estimate of drug-likeness (QED) is 0.831. The van der Waals surface area contributed by atoms with E-state index in [0.717, 1.165) is 62.5 Å². The van der Waals surface area contributed by atoms with Gasteiger partial charge in [-0.3, -0.25) is 0 Å². The fourth-order valence-corrected chi connectivity index (χ4v) is 4.67.